The number of pyridine rings is 1. The van der Waals surface area contributed by atoms with Gasteiger partial charge >= 0.3 is 5.97 Å². The van der Waals surface area contributed by atoms with Gasteiger partial charge in [-0.25, -0.2) is 14.8 Å². The van der Waals surface area contributed by atoms with E-state index in [1.165, 1.54) is 24.8 Å². The SMILES string of the molecule is Cc1nc(C)c(-c2ccc3cc(-c4c(C5CCCCC5)c5ccc(C(=O)O)cc5n4CC(=O)N4CCCC4C)ccc3n2)s1. The number of carbonyl (C=O) groups excluding carboxylic acids is 1. The number of aromatic nitrogens is 3. The molecule has 0 spiro atoms. The molecule has 8 heteroatoms. The molecule has 44 heavy (non-hydrogen) atoms. The predicted octanol–water partition coefficient (Wildman–Crippen LogP) is 8.35. The van der Waals surface area contributed by atoms with E-state index in [1.54, 1.807) is 23.5 Å². The third-order valence-electron chi connectivity index (χ3n) is 9.63. The van der Waals surface area contributed by atoms with Crippen molar-refractivity contribution >= 4 is 45.0 Å². The maximum Gasteiger partial charge on any atom is 0.335 e. The van der Waals surface area contributed by atoms with Crippen LogP contribution >= 0.6 is 11.3 Å². The van der Waals surface area contributed by atoms with Crippen LogP contribution in [-0.2, 0) is 11.3 Å². The van der Waals surface area contributed by atoms with Gasteiger partial charge in [-0.2, -0.15) is 0 Å². The van der Waals surface area contributed by atoms with Gasteiger partial charge in [0, 0.05) is 23.4 Å². The number of aromatic carboxylic acids is 1. The molecular formula is C36H38N4O3S. The minimum Gasteiger partial charge on any atom is -0.478 e. The lowest BCUT2D eigenvalue weighted by Gasteiger charge is -2.25. The number of carbonyl (C=O) groups is 2. The molecule has 2 fully saturated rings. The number of fused-ring (bicyclic) bond motifs is 2. The molecule has 2 aromatic carbocycles. The molecule has 7 rings (SSSR count). The van der Waals surface area contributed by atoms with Crippen LogP contribution in [-0.4, -0.2) is 49.0 Å². The third kappa shape index (κ3) is 5.09. The number of hydrogen-bond donors (Lipinski definition) is 1. The van der Waals surface area contributed by atoms with E-state index >= 15 is 0 Å². The number of carboxylic acids is 1. The third-order valence-corrected chi connectivity index (χ3v) is 10.7. The van der Waals surface area contributed by atoms with Crippen LogP contribution in [0.5, 0.6) is 0 Å². The highest BCUT2D eigenvalue weighted by molar-refractivity contribution is 7.15. The Bertz CT molecular complexity index is 1920. The van der Waals surface area contributed by atoms with Gasteiger partial charge in [-0.05, 0) is 93.8 Å². The minimum absolute atomic E-state index is 0.0893. The maximum absolute atomic E-state index is 13.8. The molecule has 5 aromatic rings. The molecule has 1 saturated carbocycles. The molecule has 1 N–H and O–H groups in total. The van der Waals surface area contributed by atoms with Crippen molar-refractivity contribution in [1.29, 1.82) is 0 Å². The normalized spacial score (nSPS) is 17.6. The molecule has 0 bridgehead atoms. The summed E-state index contributed by atoms with van der Waals surface area (Å²) in [7, 11) is 0. The maximum atomic E-state index is 13.8. The summed E-state index contributed by atoms with van der Waals surface area (Å²) in [5.74, 6) is -0.516. The first-order valence-corrected chi connectivity index (χ1v) is 16.6. The average molecular weight is 607 g/mol. The highest BCUT2D eigenvalue weighted by Crippen LogP contribution is 2.45. The average Bonchev–Trinajstić information content (AvgIpc) is 3.71. The summed E-state index contributed by atoms with van der Waals surface area (Å²) < 4.78 is 2.12. The van der Waals surface area contributed by atoms with Gasteiger partial charge in [0.25, 0.3) is 0 Å². The van der Waals surface area contributed by atoms with E-state index in [0.717, 1.165) is 86.6 Å². The van der Waals surface area contributed by atoms with Crippen molar-refractivity contribution in [2.24, 2.45) is 0 Å². The van der Waals surface area contributed by atoms with E-state index in [2.05, 4.69) is 46.8 Å². The smallest absolute Gasteiger partial charge is 0.335 e. The number of nitrogens with zero attached hydrogens (tertiary/aromatic N) is 4. The van der Waals surface area contributed by atoms with Crippen LogP contribution in [0.25, 0.3) is 43.6 Å². The summed E-state index contributed by atoms with van der Waals surface area (Å²) in [6.07, 6.45) is 7.81. The van der Waals surface area contributed by atoms with E-state index in [-0.39, 0.29) is 24.1 Å². The molecule has 226 valence electrons. The highest BCUT2D eigenvalue weighted by atomic mass is 32.1. The fourth-order valence-electron chi connectivity index (χ4n) is 7.49. The van der Waals surface area contributed by atoms with Crippen LogP contribution in [0, 0.1) is 13.8 Å². The lowest BCUT2D eigenvalue weighted by atomic mass is 9.81. The first-order chi connectivity index (χ1) is 21.3. The fourth-order valence-corrected chi connectivity index (χ4v) is 8.38. The monoisotopic (exact) mass is 606 g/mol. The van der Waals surface area contributed by atoms with Crippen LogP contribution < -0.4 is 0 Å². The number of aryl methyl sites for hydroxylation is 2. The lowest BCUT2D eigenvalue weighted by molar-refractivity contribution is -0.132. The second kappa shape index (κ2) is 11.5. The molecule has 1 amide bonds. The van der Waals surface area contributed by atoms with Gasteiger partial charge in [-0.3, -0.25) is 4.79 Å². The van der Waals surface area contributed by atoms with E-state index < -0.39 is 5.97 Å². The van der Waals surface area contributed by atoms with Gasteiger partial charge in [-0.1, -0.05) is 37.5 Å². The van der Waals surface area contributed by atoms with Crippen molar-refractivity contribution in [3.05, 3.63) is 70.4 Å². The Kier molecular flexibility index (Phi) is 7.49. The van der Waals surface area contributed by atoms with Crippen LogP contribution in [0.15, 0.2) is 48.5 Å². The summed E-state index contributed by atoms with van der Waals surface area (Å²) in [5, 5.41) is 13.0. The van der Waals surface area contributed by atoms with E-state index in [9.17, 15) is 14.7 Å². The molecule has 1 aliphatic carbocycles. The quantitative estimate of drug-likeness (QED) is 0.210. The van der Waals surface area contributed by atoms with Gasteiger partial charge in [0.05, 0.1) is 43.6 Å². The zero-order chi connectivity index (χ0) is 30.5. The number of benzene rings is 2. The second-order valence-corrected chi connectivity index (χ2v) is 13.8. The van der Waals surface area contributed by atoms with Crippen molar-refractivity contribution in [2.45, 2.75) is 84.2 Å². The van der Waals surface area contributed by atoms with Crippen molar-refractivity contribution in [3.63, 3.8) is 0 Å². The number of thiazole rings is 1. The summed E-state index contributed by atoms with van der Waals surface area (Å²) in [4.78, 5) is 38.6. The molecule has 1 aliphatic heterocycles. The minimum atomic E-state index is -0.959. The molecule has 1 unspecified atom stereocenters. The highest BCUT2D eigenvalue weighted by Gasteiger charge is 2.30. The Hall–Kier alpha value is -4.04. The number of likely N-dealkylation sites (tertiary alicyclic amines) is 1. The number of carboxylic acid groups (broad SMARTS) is 1. The second-order valence-electron chi connectivity index (χ2n) is 12.6. The van der Waals surface area contributed by atoms with Crippen LogP contribution in [0.3, 0.4) is 0 Å². The van der Waals surface area contributed by atoms with Gasteiger partial charge in [-0.15, -0.1) is 11.3 Å². The predicted molar refractivity (Wildman–Crippen MR) is 176 cm³/mol. The zero-order valence-corrected chi connectivity index (χ0v) is 26.4. The summed E-state index contributed by atoms with van der Waals surface area (Å²) in [6.45, 7) is 7.12. The molecule has 1 saturated heterocycles. The largest absolute Gasteiger partial charge is 0.478 e. The molecule has 1 atom stereocenters. The standard InChI is InChI=1S/C36H38N4O3S/c1-21-8-7-17-39(21)32(41)20-40-31-19-27(36(42)43)11-14-28(31)33(24-9-5-4-6-10-24)34(40)26-13-15-29-25(18-26)12-16-30(38-29)35-22(2)37-23(3)44-35/h11-16,18-19,21,24H,4-10,17,20H2,1-3H3,(H,42,43). The Labute approximate surface area is 261 Å². The molecule has 3 aromatic heterocycles. The van der Waals surface area contributed by atoms with Gasteiger partial charge < -0.3 is 14.6 Å². The molecule has 4 heterocycles. The number of amides is 1. The molecule has 0 radical (unpaired) electrons. The number of rotatable bonds is 6. The van der Waals surface area contributed by atoms with Crippen LogP contribution in [0.4, 0.5) is 0 Å². The number of hydrogen-bond acceptors (Lipinski definition) is 5. The van der Waals surface area contributed by atoms with E-state index in [1.807, 2.05) is 24.8 Å². The Morgan fingerprint density at radius 2 is 1.77 bits per heavy atom. The van der Waals surface area contributed by atoms with Crippen molar-refractivity contribution in [2.75, 3.05) is 6.54 Å². The van der Waals surface area contributed by atoms with Gasteiger partial charge in [0.2, 0.25) is 5.91 Å². The zero-order valence-electron chi connectivity index (χ0n) is 25.6. The van der Waals surface area contributed by atoms with Gasteiger partial charge in [0.15, 0.2) is 0 Å². The Balaban J connectivity index is 1.42. The molecule has 7 nitrogen and oxygen atoms in total. The fraction of sp³-hybridized carbons (Fsp3) is 0.389. The van der Waals surface area contributed by atoms with E-state index in [4.69, 9.17) is 4.98 Å². The molecule has 2 aliphatic rings. The first-order valence-electron chi connectivity index (χ1n) is 15.8. The van der Waals surface area contributed by atoms with E-state index in [0.29, 0.717) is 5.92 Å². The lowest BCUT2D eigenvalue weighted by Crippen LogP contribution is -2.36. The summed E-state index contributed by atoms with van der Waals surface area (Å²) in [6, 6.07) is 16.3. The Morgan fingerprint density at radius 1 is 0.955 bits per heavy atom. The van der Waals surface area contributed by atoms with Crippen molar-refractivity contribution in [1.82, 2.24) is 19.4 Å². The topological polar surface area (TPSA) is 88.3 Å². The Morgan fingerprint density at radius 3 is 2.48 bits per heavy atom. The van der Waals surface area contributed by atoms with Crippen molar-refractivity contribution in [3.8, 4) is 21.8 Å². The molecular weight excluding hydrogens is 568 g/mol. The summed E-state index contributed by atoms with van der Waals surface area (Å²) in [5.41, 5.74) is 7.22. The van der Waals surface area contributed by atoms with Gasteiger partial charge in [0.1, 0.15) is 6.54 Å². The van der Waals surface area contributed by atoms with Crippen LogP contribution in [0.1, 0.15) is 84.4 Å². The van der Waals surface area contributed by atoms with Crippen LogP contribution in [0.2, 0.25) is 0 Å². The van der Waals surface area contributed by atoms with Crippen molar-refractivity contribution < 1.29 is 14.7 Å². The summed E-state index contributed by atoms with van der Waals surface area (Å²) >= 11 is 1.66. The first kappa shape index (κ1) is 28.7.